The number of nitrogens with one attached hydrogen (secondary N) is 1. The van der Waals surface area contributed by atoms with Crippen LogP contribution in [0.5, 0.6) is 0 Å². The third-order valence-corrected chi connectivity index (χ3v) is 5.36. The van der Waals surface area contributed by atoms with Gasteiger partial charge in [-0.2, -0.15) is 11.8 Å². The van der Waals surface area contributed by atoms with Gasteiger partial charge in [0.2, 0.25) is 10.0 Å². The van der Waals surface area contributed by atoms with E-state index in [1.54, 1.807) is 11.8 Å². The lowest BCUT2D eigenvalue weighted by Crippen LogP contribution is -2.34. The normalized spacial score (nSPS) is 19.9. The molecule has 0 spiro atoms. The molecule has 5 nitrogen and oxygen atoms in total. The molecule has 2 N–H and O–H groups in total. The van der Waals surface area contributed by atoms with Crippen LogP contribution in [-0.2, 0) is 10.0 Å². The fraction of sp³-hybridized carbons (Fsp3) is 0.364. The Balaban J connectivity index is 2.16. The average molecular weight is 287 g/mol. The topological polar surface area (TPSA) is 83.5 Å². The van der Waals surface area contributed by atoms with E-state index in [4.69, 9.17) is 5.11 Å². The summed E-state index contributed by atoms with van der Waals surface area (Å²) in [5.74, 6) is 0.677. The summed E-state index contributed by atoms with van der Waals surface area (Å²) in [6.07, 6.45) is 0.830. The zero-order valence-corrected chi connectivity index (χ0v) is 11.1. The summed E-state index contributed by atoms with van der Waals surface area (Å²) < 4.78 is 26.6. The summed E-state index contributed by atoms with van der Waals surface area (Å²) in [7, 11) is -3.54. The Kier molecular flexibility index (Phi) is 3.94. The minimum atomic E-state index is -3.54. The van der Waals surface area contributed by atoms with Gasteiger partial charge in [-0.1, -0.05) is 0 Å². The van der Waals surface area contributed by atoms with E-state index < -0.39 is 16.0 Å². The molecule has 0 radical (unpaired) electrons. The van der Waals surface area contributed by atoms with Crippen molar-refractivity contribution in [2.24, 2.45) is 0 Å². The summed E-state index contributed by atoms with van der Waals surface area (Å²) in [4.78, 5) is 10.8. The second-order valence-electron chi connectivity index (χ2n) is 4.01. The molecule has 1 aliphatic heterocycles. The maximum Gasteiger partial charge on any atom is 0.335 e. The Bertz CT molecular complexity index is 533. The highest BCUT2D eigenvalue weighted by molar-refractivity contribution is 7.99. The van der Waals surface area contributed by atoms with Crippen LogP contribution in [0.2, 0.25) is 0 Å². The smallest absolute Gasteiger partial charge is 0.335 e. The van der Waals surface area contributed by atoms with Crippen LogP contribution in [0.1, 0.15) is 16.8 Å². The fourth-order valence-corrected chi connectivity index (χ4v) is 4.22. The van der Waals surface area contributed by atoms with Crippen LogP contribution in [0.15, 0.2) is 29.2 Å². The number of sulfonamides is 1. The number of thioether (sulfide) groups is 1. The van der Waals surface area contributed by atoms with Gasteiger partial charge >= 0.3 is 5.97 Å². The molecule has 1 aromatic carbocycles. The molecule has 1 aromatic rings. The Labute approximate surface area is 110 Å². The van der Waals surface area contributed by atoms with Crippen LogP contribution in [-0.4, -0.2) is 37.0 Å². The molecule has 0 aromatic heterocycles. The van der Waals surface area contributed by atoms with Gasteiger partial charge in [0, 0.05) is 11.8 Å². The highest BCUT2D eigenvalue weighted by Gasteiger charge is 2.23. The predicted octanol–water partition coefficient (Wildman–Crippen LogP) is 1.17. The van der Waals surface area contributed by atoms with Crippen molar-refractivity contribution in [1.29, 1.82) is 0 Å². The summed E-state index contributed by atoms with van der Waals surface area (Å²) >= 11 is 1.72. The second-order valence-corrected chi connectivity index (χ2v) is 6.88. The quantitative estimate of drug-likeness (QED) is 0.868. The molecule has 1 saturated heterocycles. The van der Waals surface area contributed by atoms with Crippen LogP contribution in [0.25, 0.3) is 0 Å². The van der Waals surface area contributed by atoms with Crippen molar-refractivity contribution in [2.75, 3.05) is 11.5 Å². The van der Waals surface area contributed by atoms with Gasteiger partial charge in [-0.3, -0.25) is 0 Å². The Morgan fingerprint density at radius 1 is 1.33 bits per heavy atom. The van der Waals surface area contributed by atoms with Crippen LogP contribution in [0.4, 0.5) is 0 Å². The van der Waals surface area contributed by atoms with Gasteiger partial charge in [0.15, 0.2) is 0 Å². The van der Waals surface area contributed by atoms with E-state index in [1.165, 1.54) is 24.3 Å². The molecule has 0 amide bonds. The molecule has 0 saturated carbocycles. The largest absolute Gasteiger partial charge is 0.478 e. The Morgan fingerprint density at radius 3 is 2.50 bits per heavy atom. The molecule has 18 heavy (non-hydrogen) atoms. The molecule has 1 fully saturated rings. The summed E-state index contributed by atoms with van der Waals surface area (Å²) in [6.45, 7) is 0. The molecule has 0 aliphatic carbocycles. The summed E-state index contributed by atoms with van der Waals surface area (Å²) in [5.41, 5.74) is 0.0744. The van der Waals surface area contributed by atoms with Crippen molar-refractivity contribution in [2.45, 2.75) is 17.4 Å². The van der Waals surface area contributed by atoms with E-state index in [1.807, 2.05) is 0 Å². The summed E-state index contributed by atoms with van der Waals surface area (Å²) in [5, 5.41) is 8.74. The zero-order valence-electron chi connectivity index (χ0n) is 9.50. The molecule has 1 aliphatic rings. The average Bonchev–Trinajstić information content (AvgIpc) is 2.81. The first kappa shape index (κ1) is 13.4. The summed E-state index contributed by atoms with van der Waals surface area (Å²) in [6, 6.07) is 5.18. The maximum absolute atomic E-state index is 12.0. The van der Waals surface area contributed by atoms with Gasteiger partial charge in [0.25, 0.3) is 0 Å². The number of carbonyl (C=O) groups is 1. The van der Waals surface area contributed by atoms with E-state index in [0.717, 1.165) is 17.9 Å². The molecule has 7 heteroatoms. The molecule has 98 valence electrons. The molecule has 1 heterocycles. The minimum Gasteiger partial charge on any atom is -0.478 e. The van der Waals surface area contributed by atoms with Gasteiger partial charge in [-0.05, 0) is 36.4 Å². The minimum absolute atomic E-state index is 0.0286. The number of carboxylic acids is 1. The van der Waals surface area contributed by atoms with E-state index in [9.17, 15) is 13.2 Å². The molecule has 1 unspecified atom stereocenters. The predicted molar refractivity (Wildman–Crippen MR) is 69.5 cm³/mol. The number of benzene rings is 1. The van der Waals surface area contributed by atoms with E-state index in [0.29, 0.717) is 0 Å². The lowest BCUT2D eigenvalue weighted by atomic mass is 10.2. The highest BCUT2D eigenvalue weighted by atomic mass is 32.2. The van der Waals surface area contributed by atoms with Crippen LogP contribution < -0.4 is 4.72 Å². The Morgan fingerprint density at radius 2 is 2.00 bits per heavy atom. The first-order chi connectivity index (χ1) is 8.49. The highest BCUT2D eigenvalue weighted by Crippen LogP contribution is 2.19. The number of carboxylic acid groups (broad SMARTS) is 1. The van der Waals surface area contributed by atoms with Gasteiger partial charge < -0.3 is 5.11 Å². The van der Waals surface area contributed by atoms with Gasteiger partial charge in [-0.25, -0.2) is 17.9 Å². The van der Waals surface area contributed by atoms with Gasteiger partial charge in [0.05, 0.1) is 10.5 Å². The molecular weight excluding hydrogens is 274 g/mol. The number of hydrogen-bond acceptors (Lipinski definition) is 4. The first-order valence-corrected chi connectivity index (χ1v) is 8.06. The lowest BCUT2D eigenvalue weighted by Gasteiger charge is -2.11. The number of aromatic carboxylic acids is 1. The molecule has 1 atom stereocenters. The van der Waals surface area contributed by atoms with E-state index >= 15 is 0 Å². The fourth-order valence-electron chi connectivity index (χ4n) is 1.69. The SMILES string of the molecule is O=C(O)c1ccc(S(=O)(=O)NC2CCSC2)cc1. The van der Waals surface area contributed by atoms with Gasteiger partial charge in [-0.15, -0.1) is 0 Å². The van der Waals surface area contributed by atoms with Crippen LogP contribution >= 0.6 is 11.8 Å². The van der Waals surface area contributed by atoms with Crippen molar-refractivity contribution in [3.63, 3.8) is 0 Å². The standard InChI is InChI=1S/C11H13NO4S2/c13-11(14)8-1-3-10(4-2-8)18(15,16)12-9-5-6-17-7-9/h1-4,9,12H,5-7H2,(H,13,14). The van der Waals surface area contributed by atoms with E-state index in [2.05, 4.69) is 4.72 Å². The van der Waals surface area contributed by atoms with Gasteiger partial charge in [0.1, 0.15) is 0 Å². The molecule has 2 rings (SSSR count). The van der Waals surface area contributed by atoms with Crippen molar-refractivity contribution < 1.29 is 18.3 Å². The van der Waals surface area contributed by atoms with Crippen molar-refractivity contribution in [3.8, 4) is 0 Å². The third kappa shape index (κ3) is 3.04. The number of rotatable bonds is 4. The zero-order chi connectivity index (χ0) is 13.2. The molecule has 0 bridgehead atoms. The lowest BCUT2D eigenvalue weighted by molar-refractivity contribution is 0.0696. The second kappa shape index (κ2) is 5.29. The molecular formula is C11H13NO4S2. The van der Waals surface area contributed by atoms with Crippen molar-refractivity contribution in [1.82, 2.24) is 4.72 Å². The van der Waals surface area contributed by atoms with Crippen LogP contribution in [0, 0.1) is 0 Å². The van der Waals surface area contributed by atoms with Crippen molar-refractivity contribution >= 4 is 27.8 Å². The van der Waals surface area contributed by atoms with Crippen LogP contribution in [0.3, 0.4) is 0 Å². The monoisotopic (exact) mass is 287 g/mol. The third-order valence-electron chi connectivity index (χ3n) is 2.66. The maximum atomic E-state index is 12.0. The Hall–Kier alpha value is -1.05. The first-order valence-electron chi connectivity index (χ1n) is 5.42. The number of hydrogen-bond donors (Lipinski definition) is 2. The van der Waals surface area contributed by atoms with Crippen molar-refractivity contribution in [3.05, 3.63) is 29.8 Å². The van der Waals surface area contributed by atoms with E-state index in [-0.39, 0.29) is 16.5 Å².